The third kappa shape index (κ3) is 23.1. The van der Waals surface area contributed by atoms with Gasteiger partial charge in [-0.1, -0.05) is 122 Å². The van der Waals surface area contributed by atoms with Gasteiger partial charge in [0.1, 0.15) is 68.1 Å². The fourth-order valence-corrected chi connectivity index (χ4v) is 22.4. The molecule has 4 saturated carbocycles. The van der Waals surface area contributed by atoms with Crippen molar-refractivity contribution in [1.29, 1.82) is 0 Å². The zero-order valence-corrected chi connectivity index (χ0v) is 83.9. The van der Waals surface area contributed by atoms with E-state index >= 15 is 0 Å². The first-order valence-corrected chi connectivity index (χ1v) is 59.7. The van der Waals surface area contributed by atoms with Crippen molar-refractivity contribution in [3.8, 4) is 45.0 Å². The molecule has 13 aromatic rings. The van der Waals surface area contributed by atoms with E-state index in [0.29, 0.717) is 130 Å². The Kier molecular flexibility index (Phi) is 30.9. The zero-order chi connectivity index (χ0) is 99.0. The van der Waals surface area contributed by atoms with Crippen LogP contribution in [-0.4, -0.2) is 210 Å². The van der Waals surface area contributed by atoms with Gasteiger partial charge in [-0.2, -0.15) is 20.4 Å². The highest BCUT2D eigenvalue weighted by molar-refractivity contribution is 6.76. The number of fused-ring (bicyclic) bond motifs is 5. The standard InChI is InChI=1S/C31H36N6O5Si.C27H36N6O5Si.C23H34N6O3Si.C17H20N6O2/c1-43(2,3)15-14-42-19-35-13-12-23-27(32-18-33-28(23)35)24-17-36(25(16-26(38)39)20-8-4-5-9-20)34-29(24)37-30(40)21-10-6-7-11-22(21)31(37)41;1-39(2,3)13-12-38-17-31-11-10-19-25(28-16-29-26(19)31)20-15-32(21(14-24(36)37)18-6-4-5-7-18)30-27(20)33-22(34)8-9-23(33)35;1-33(2,3)11-10-32-15-28-9-8-17-21(25-14-26-23(17)28)18-13-29(27-22(18)24)19(12-20(30)31)16-6-4-5-7-16;18-16-12(15-11-5-6-19-17(11)21-9-20-15)8-23(22-16)13(7-14(24)25)10-3-1-2-4-10/h6-7,10-13,17-18,20,25H,4-5,8-9,14-16,19H2,1-3H3,(H,38,39);10-11,15-16,18,21H,4-9,12-14,17H2,1-3H3,(H,36,37);8-9,13-14,16,19H,4-7,10-12,15H2,1-3H3,(H2,24,27)(H,30,31);5-6,8-10,13H,1-4,7H2,(H2,18,22)(H,24,25)(H,19,20,21)/t25-;21-;19-;13-/m1111/s1. The Bertz CT molecular complexity index is 6610. The lowest BCUT2D eigenvalue weighted by Gasteiger charge is -2.22. The highest BCUT2D eigenvalue weighted by Crippen LogP contribution is 2.47. The average molecular weight is 1960 g/mol. The van der Waals surface area contributed by atoms with Crippen LogP contribution < -0.4 is 21.3 Å². The molecule has 0 spiro atoms. The zero-order valence-electron chi connectivity index (χ0n) is 80.9. The number of H-pyrrole nitrogens is 1. The van der Waals surface area contributed by atoms with Crippen LogP contribution in [0, 0.1) is 23.7 Å². The molecule has 4 amide bonds. The average Bonchev–Trinajstić information content (AvgIpc) is 1.58. The number of carbonyl (C=O) groups excluding carboxylic acids is 4. The number of carbonyl (C=O) groups is 8. The maximum atomic E-state index is 13.6. The Morgan fingerprint density at radius 1 is 0.386 bits per heavy atom. The third-order valence-corrected chi connectivity index (χ3v) is 32.7. The van der Waals surface area contributed by atoms with E-state index in [1.54, 1.807) is 61.6 Å². The van der Waals surface area contributed by atoms with Gasteiger partial charge in [0.05, 0.1) is 106 Å². The van der Waals surface area contributed by atoms with Crippen molar-refractivity contribution < 1.29 is 73.0 Å². The van der Waals surface area contributed by atoms with Crippen LogP contribution in [-0.2, 0) is 63.2 Å². The normalized spacial score (nSPS) is 16.6. The summed E-state index contributed by atoms with van der Waals surface area (Å²) in [5, 5.41) is 59.9. The highest BCUT2D eigenvalue weighted by Gasteiger charge is 2.43. The molecule has 12 aromatic heterocycles. The van der Waals surface area contributed by atoms with E-state index in [-0.39, 0.29) is 91.9 Å². The minimum Gasteiger partial charge on any atom is -0.481 e. The molecule has 42 heteroatoms. The van der Waals surface area contributed by atoms with Gasteiger partial charge in [0, 0.05) is 128 Å². The van der Waals surface area contributed by atoms with Gasteiger partial charge < -0.3 is 64.8 Å². The van der Waals surface area contributed by atoms with Gasteiger partial charge in [0.15, 0.2) is 23.3 Å². The maximum absolute atomic E-state index is 13.6. The molecule has 1 saturated heterocycles. The number of rotatable bonds is 37. The molecule has 1 aromatic carbocycles. The molecule has 740 valence electrons. The Labute approximate surface area is 812 Å². The lowest BCUT2D eigenvalue weighted by atomic mass is 9.95. The number of nitrogens with one attached hydrogen (secondary N) is 1. The fraction of sp³-hybridized carbons (Fsp3) is 0.490. The van der Waals surface area contributed by atoms with Crippen LogP contribution in [0.5, 0.6) is 0 Å². The molecule has 0 radical (unpaired) electrons. The van der Waals surface area contributed by atoms with Crippen molar-refractivity contribution in [1.82, 2.24) is 97.7 Å². The van der Waals surface area contributed by atoms with Gasteiger partial charge in [-0.3, -0.25) is 57.1 Å². The van der Waals surface area contributed by atoms with Gasteiger partial charge >= 0.3 is 23.9 Å². The van der Waals surface area contributed by atoms with E-state index in [0.717, 1.165) is 165 Å². The van der Waals surface area contributed by atoms with E-state index in [9.17, 15) is 58.8 Å². The molecule has 5 fully saturated rings. The molecule has 0 bridgehead atoms. The van der Waals surface area contributed by atoms with Crippen molar-refractivity contribution >= 4 is 139 Å². The van der Waals surface area contributed by atoms with E-state index in [1.165, 1.54) is 25.3 Å². The number of benzene rings is 1. The van der Waals surface area contributed by atoms with E-state index in [1.807, 2.05) is 69.0 Å². The Morgan fingerprint density at radius 3 is 1.01 bits per heavy atom. The van der Waals surface area contributed by atoms with E-state index < -0.39 is 66.0 Å². The van der Waals surface area contributed by atoms with Crippen molar-refractivity contribution in [2.75, 3.05) is 41.1 Å². The van der Waals surface area contributed by atoms with Gasteiger partial charge in [-0.15, -0.1) is 0 Å². The number of ether oxygens (including phenoxy) is 3. The summed E-state index contributed by atoms with van der Waals surface area (Å²) < 4.78 is 30.4. The molecule has 0 unspecified atom stereocenters. The largest absolute Gasteiger partial charge is 0.481 e. The molecule has 140 heavy (non-hydrogen) atoms. The number of carboxylic acid groups (broad SMARTS) is 4. The van der Waals surface area contributed by atoms with Crippen LogP contribution in [0.4, 0.5) is 23.3 Å². The van der Waals surface area contributed by atoms with Crippen LogP contribution in [0.25, 0.3) is 89.2 Å². The Hall–Kier alpha value is -13.2. The molecule has 2 aliphatic heterocycles. The topological polar surface area (TPSA) is 509 Å². The summed E-state index contributed by atoms with van der Waals surface area (Å²) in [6.45, 7) is 24.0. The quantitative estimate of drug-likeness (QED) is 0.0108. The fourth-order valence-electron chi connectivity index (χ4n) is 20.1. The molecule has 4 atom stereocenters. The van der Waals surface area contributed by atoms with Crippen LogP contribution in [0.1, 0.15) is 186 Å². The molecule has 39 nitrogen and oxygen atoms in total. The number of nitrogens with two attached hydrogens (primary N) is 2. The number of carboxylic acids is 4. The summed E-state index contributed by atoms with van der Waals surface area (Å²) in [6.07, 6.45) is 37.2. The summed E-state index contributed by atoms with van der Waals surface area (Å²) in [7, 11) is -3.58. The van der Waals surface area contributed by atoms with Gasteiger partial charge in [0.2, 0.25) is 11.8 Å². The maximum Gasteiger partial charge on any atom is 0.305 e. The predicted molar refractivity (Wildman–Crippen MR) is 535 cm³/mol. The first-order chi connectivity index (χ1) is 67.1. The molecular formula is C98H126N24O15Si3. The number of aliphatic carboxylic acids is 4. The second kappa shape index (κ2) is 43.3. The monoisotopic (exact) mass is 1960 g/mol. The van der Waals surface area contributed by atoms with Crippen molar-refractivity contribution in [3.63, 3.8) is 0 Å². The van der Waals surface area contributed by atoms with Crippen molar-refractivity contribution in [3.05, 3.63) is 135 Å². The minimum atomic E-state index is -1.23. The molecule has 14 heterocycles. The SMILES string of the molecule is C[Si](C)(C)CCOCn1ccc2c(-c3cn([C@H](CC(=O)O)C4CCCC4)nc3N)ncnc21.C[Si](C)(C)CCOCn1ccc2c(-c3cn([C@H](CC(=O)O)C4CCCC4)nc3N3C(=O)CCC3=O)ncnc21.C[Si](C)(C)CCOCn1ccc2c(-c3cn([C@H](CC(=O)O)C4CCCC4)nc3N3C(=O)c4ccccc4C3=O)ncnc21.Nc1nn([C@H](CC(=O)O)C2CCCC2)cc1-c1ncnc2[nH]ccc12. The third-order valence-electron chi connectivity index (χ3n) is 27.6. The van der Waals surface area contributed by atoms with E-state index in [4.69, 9.17) is 35.9 Å². The number of aromatic amines is 1. The first kappa shape index (κ1) is 99.8. The van der Waals surface area contributed by atoms with Gasteiger partial charge in [-0.05, 0) is 130 Å². The minimum absolute atomic E-state index is 0.0373. The van der Waals surface area contributed by atoms with Gasteiger partial charge in [0.25, 0.3) is 11.8 Å². The summed E-state index contributed by atoms with van der Waals surface area (Å²) in [6, 6.07) is 16.4. The number of nitrogen functional groups attached to an aromatic ring is 2. The molecule has 9 N–H and O–H groups in total. The summed E-state index contributed by atoms with van der Waals surface area (Å²) >= 11 is 0. The predicted octanol–water partition coefficient (Wildman–Crippen LogP) is 17.1. The number of nitrogens with zero attached hydrogens (tertiary/aromatic N) is 21. The molecule has 19 rings (SSSR count). The van der Waals surface area contributed by atoms with Crippen molar-refractivity contribution in [2.45, 2.75) is 263 Å². The summed E-state index contributed by atoms with van der Waals surface area (Å²) in [4.78, 5) is 140. The Balaban J connectivity index is 0.000000137. The summed E-state index contributed by atoms with van der Waals surface area (Å²) in [5.41, 5.74) is 20.7. The number of hydrogen-bond donors (Lipinski definition) is 7. The van der Waals surface area contributed by atoms with Crippen LogP contribution in [0.15, 0.2) is 123 Å². The second-order valence-electron chi connectivity index (χ2n) is 41.2. The number of anilines is 4. The van der Waals surface area contributed by atoms with Crippen molar-refractivity contribution in [2.24, 2.45) is 23.7 Å². The first-order valence-electron chi connectivity index (χ1n) is 48.6. The van der Waals surface area contributed by atoms with E-state index in [2.05, 4.69) is 114 Å². The number of aromatic nitrogens is 20. The second-order valence-corrected chi connectivity index (χ2v) is 58.1. The van der Waals surface area contributed by atoms with Gasteiger partial charge in [-0.25, -0.2) is 49.7 Å². The molecule has 4 aliphatic carbocycles. The lowest BCUT2D eigenvalue weighted by Crippen LogP contribution is -2.31. The van der Waals surface area contributed by atoms with Crippen LogP contribution in [0.2, 0.25) is 77.1 Å². The molecular weight excluding hydrogens is 1840 g/mol. The number of imide groups is 2. The van der Waals surface area contributed by atoms with Crippen LogP contribution >= 0.6 is 0 Å². The number of amides is 4. The lowest BCUT2D eigenvalue weighted by molar-refractivity contribution is -0.139. The Morgan fingerprint density at radius 2 is 0.686 bits per heavy atom. The molecule has 6 aliphatic rings. The number of hydrogen-bond acceptors (Lipinski definition) is 25. The smallest absolute Gasteiger partial charge is 0.305 e. The summed E-state index contributed by atoms with van der Waals surface area (Å²) in [5.74, 6) is -3.10. The van der Waals surface area contributed by atoms with Crippen LogP contribution in [0.3, 0.4) is 0 Å². The highest BCUT2D eigenvalue weighted by atomic mass is 28.3.